The Morgan fingerprint density at radius 1 is 1.47 bits per heavy atom. The van der Waals surface area contributed by atoms with Crippen LogP contribution in [0.5, 0.6) is 5.75 Å². The Morgan fingerprint density at radius 2 is 2.32 bits per heavy atom. The van der Waals surface area contributed by atoms with Gasteiger partial charge in [0.25, 0.3) is 5.91 Å². The van der Waals surface area contributed by atoms with E-state index in [1.54, 1.807) is 18.2 Å². The first-order valence-corrected chi connectivity index (χ1v) is 6.69. The Labute approximate surface area is 113 Å². The molecule has 1 aliphatic carbocycles. The Kier molecular flexibility index (Phi) is 4.44. The lowest BCUT2D eigenvalue weighted by molar-refractivity contribution is 0.0935. The van der Waals surface area contributed by atoms with Gasteiger partial charge in [0.05, 0.1) is 12.3 Å². The van der Waals surface area contributed by atoms with Crippen LogP contribution < -0.4 is 15.8 Å². The van der Waals surface area contributed by atoms with Crippen LogP contribution in [0.15, 0.2) is 30.4 Å². The number of ether oxygens (including phenoxy) is 1. The number of hydrogen-bond donors (Lipinski definition) is 2. The third-order valence-corrected chi connectivity index (χ3v) is 3.18. The van der Waals surface area contributed by atoms with Gasteiger partial charge in [-0.1, -0.05) is 12.2 Å². The summed E-state index contributed by atoms with van der Waals surface area (Å²) in [6.45, 7) is 2.46. The molecule has 2 rings (SSSR count). The van der Waals surface area contributed by atoms with Gasteiger partial charge in [-0.25, -0.2) is 0 Å². The van der Waals surface area contributed by atoms with Crippen molar-refractivity contribution in [3.05, 3.63) is 35.9 Å². The number of nitrogens with two attached hydrogens (primary N) is 1. The predicted molar refractivity (Wildman–Crippen MR) is 76.3 cm³/mol. The molecule has 1 aromatic rings. The summed E-state index contributed by atoms with van der Waals surface area (Å²) in [4.78, 5) is 12.1. The number of allylic oxidation sites excluding steroid dienone is 1. The number of anilines is 1. The van der Waals surface area contributed by atoms with Crippen LogP contribution in [0, 0.1) is 0 Å². The molecule has 0 spiro atoms. The van der Waals surface area contributed by atoms with Crippen LogP contribution in [0.3, 0.4) is 0 Å². The third-order valence-electron chi connectivity index (χ3n) is 3.18. The fourth-order valence-electron chi connectivity index (χ4n) is 2.17. The molecule has 1 unspecified atom stereocenters. The standard InChI is InChI=1S/C15H20N2O2/c1-2-19-14-9-8-11(10-13(14)16)15(18)17-12-6-4-3-5-7-12/h3-4,8-10,12H,2,5-7,16H2,1H3,(H,17,18). The van der Waals surface area contributed by atoms with E-state index in [1.807, 2.05) is 6.92 Å². The zero-order valence-corrected chi connectivity index (χ0v) is 11.2. The van der Waals surface area contributed by atoms with E-state index < -0.39 is 0 Å². The van der Waals surface area contributed by atoms with Gasteiger partial charge in [-0.15, -0.1) is 0 Å². The average molecular weight is 260 g/mol. The molecule has 1 aliphatic rings. The van der Waals surface area contributed by atoms with E-state index >= 15 is 0 Å². The van der Waals surface area contributed by atoms with Crippen molar-refractivity contribution in [3.8, 4) is 5.75 Å². The van der Waals surface area contributed by atoms with Gasteiger partial charge in [-0.2, -0.15) is 0 Å². The van der Waals surface area contributed by atoms with Crippen molar-refractivity contribution in [3.63, 3.8) is 0 Å². The van der Waals surface area contributed by atoms with E-state index in [0.717, 1.165) is 19.3 Å². The molecule has 19 heavy (non-hydrogen) atoms. The van der Waals surface area contributed by atoms with Gasteiger partial charge in [-0.3, -0.25) is 4.79 Å². The van der Waals surface area contributed by atoms with Crippen LogP contribution >= 0.6 is 0 Å². The molecule has 3 N–H and O–H groups in total. The van der Waals surface area contributed by atoms with Gasteiger partial charge in [0, 0.05) is 11.6 Å². The highest BCUT2D eigenvalue weighted by atomic mass is 16.5. The molecule has 0 bridgehead atoms. The highest BCUT2D eigenvalue weighted by Crippen LogP contribution is 2.22. The number of carbonyl (C=O) groups is 1. The molecule has 0 saturated carbocycles. The SMILES string of the molecule is CCOc1ccc(C(=O)NC2CC=CCC2)cc1N. The Bertz CT molecular complexity index is 483. The van der Waals surface area contributed by atoms with E-state index in [2.05, 4.69) is 17.5 Å². The smallest absolute Gasteiger partial charge is 0.251 e. The largest absolute Gasteiger partial charge is 0.492 e. The lowest BCUT2D eigenvalue weighted by Crippen LogP contribution is -2.35. The summed E-state index contributed by atoms with van der Waals surface area (Å²) >= 11 is 0. The van der Waals surface area contributed by atoms with Crippen LogP contribution in [0.2, 0.25) is 0 Å². The number of hydrogen-bond acceptors (Lipinski definition) is 3. The van der Waals surface area contributed by atoms with Crippen molar-refractivity contribution in [1.82, 2.24) is 5.32 Å². The summed E-state index contributed by atoms with van der Waals surface area (Å²) in [6, 6.07) is 5.38. The summed E-state index contributed by atoms with van der Waals surface area (Å²) < 4.78 is 5.36. The summed E-state index contributed by atoms with van der Waals surface area (Å²) in [5.74, 6) is 0.551. The zero-order chi connectivity index (χ0) is 13.7. The molecule has 1 atom stereocenters. The molecule has 4 nitrogen and oxygen atoms in total. The van der Waals surface area contributed by atoms with Crippen molar-refractivity contribution in [2.45, 2.75) is 32.2 Å². The summed E-state index contributed by atoms with van der Waals surface area (Å²) in [7, 11) is 0. The zero-order valence-electron chi connectivity index (χ0n) is 11.2. The van der Waals surface area contributed by atoms with Crippen molar-refractivity contribution in [2.75, 3.05) is 12.3 Å². The minimum absolute atomic E-state index is 0.0740. The van der Waals surface area contributed by atoms with Crippen molar-refractivity contribution >= 4 is 11.6 Å². The topological polar surface area (TPSA) is 64.3 Å². The van der Waals surface area contributed by atoms with Gasteiger partial charge in [0.2, 0.25) is 0 Å². The number of amides is 1. The maximum Gasteiger partial charge on any atom is 0.251 e. The maximum atomic E-state index is 12.1. The lowest BCUT2D eigenvalue weighted by atomic mass is 10.0. The number of benzene rings is 1. The van der Waals surface area contributed by atoms with Crippen LogP contribution in [-0.2, 0) is 0 Å². The molecule has 0 radical (unpaired) electrons. The molecule has 1 amide bonds. The van der Waals surface area contributed by atoms with E-state index in [0.29, 0.717) is 23.6 Å². The van der Waals surface area contributed by atoms with Gasteiger partial charge < -0.3 is 15.8 Å². The van der Waals surface area contributed by atoms with Gasteiger partial charge in [0.1, 0.15) is 5.75 Å². The normalized spacial score (nSPS) is 18.1. The minimum Gasteiger partial charge on any atom is -0.492 e. The molecule has 102 valence electrons. The Balaban J connectivity index is 2.02. The Morgan fingerprint density at radius 3 is 2.95 bits per heavy atom. The van der Waals surface area contributed by atoms with Crippen molar-refractivity contribution in [2.24, 2.45) is 0 Å². The third kappa shape index (κ3) is 3.50. The average Bonchev–Trinajstić information content (AvgIpc) is 2.42. The lowest BCUT2D eigenvalue weighted by Gasteiger charge is -2.19. The first-order chi connectivity index (χ1) is 9.20. The van der Waals surface area contributed by atoms with Crippen molar-refractivity contribution in [1.29, 1.82) is 0 Å². The quantitative estimate of drug-likeness (QED) is 0.646. The van der Waals surface area contributed by atoms with Gasteiger partial charge >= 0.3 is 0 Å². The summed E-state index contributed by atoms with van der Waals surface area (Å²) in [6.07, 6.45) is 7.18. The summed E-state index contributed by atoms with van der Waals surface area (Å²) in [5.41, 5.74) is 6.94. The fraction of sp³-hybridized carbons (Fsp3) is 0.400. The molecule has 0 aliphatic heterocycles. The van der Waals surface area contributed by atoms with E-state index in [9.17, 15) is 4.79 Å². The number of rotatable bonds is 4. The number of nitrogen functional groups attached to an aromatic ring is 1. The minimum atomic E-state index is -0.0740. The molecule has 4 heteroatoms. The second kappa shape index (κ2) is 6.27. The highest BCUT2D eigenvalue weighted by Gasteiger charge is 2.15. The first kappa shape index (κ1) is 13.5. The predicted octanol–water partition coefficient (Wildman–Crippen LogP) is 2.51. The van der Waals surface area contributed by atoms with Crippen LogP contribution in [-0.4, -0.2) is 18.6 Å². The second-order valence-electron chi connectivity index (χ2n) is 4.64. The second-order valence-corrected chi connectivity index (χ2v) is 4.64. The first-order valence-electron chi connectivity index (χ1n) is 6.69. The van der Waals surface area contributed by atoms with E-state index in [-0.39, 0.29) is 11.9 Å². The van der Waals surface area contributed by atoms with E-state index in [1.165, 1.54) is 0 Å². The molecular formula is C15H20N2O2. The summed E-state index contributed by atoms with van der Waals surface area (Å²) in [5, 5.41) is 3.03. The highest BCUT2D eigenvalue weighted by molar-refractivity contribution is 5.95. The van der Waals surface area contributed by atoms with Crippen LogP contribution in [0.25, 0.3) is 0 Å². The molecule has 0 saturated heterocycles. The molecule has 0 aromatic heterocycles. The van der Waals surface area contributed by atoms with Crippen LogP contribution in [0.4, 0.5) is 5.69 Å². The number of nitrogens with one attached hydrogen (secondary N) is 1. The van der Waals surface area contributed by atoms with Gasteiger partial charge in [-0.05, 0) is 44.4 Å². The molecule has 1 aromatic carbocycles. The fourth-order valence-corrected chi connectivity index (χ4v) is 2.17. The molecule has 0 heterocycles. The maximum absolute atomic E-state index is 12.1. The van der Waals surface area contributed by atoms with Crippen molar-refractivity contribution < 1.29 is 9.53 Å². The van der Waals surface area contributed by atoms with E-state index in [4.69, 9.17) is 10.5 Å². The van der Waals surface area contributed by atoms with Gasteiger partial charge in [0.15, 0.2) is 0 Å². The van der Waals surface area contributed by atoms with Crippen LogP contribution in [0.1, 0.15) is 36.5 Å². The molecular weight excluding hydrogens is 240 g/mol. The monoisotopic (exact) mass is 260 g/mol. The molecule has 0 fully saturated rings. The Hall–Kier alpha value is -1.97. The number of carbonyl (C=O) groups excluding carboxylic acids is 1.